The van der Waals surface area contributed by atoms with Crippen molar-refractivity contribution < 1.29 is 14.3 Å². The average Bonchev–Trinajstić information content (AvgIpc) is 2.94. The van der Waals surface area contributed by atoms with E-state index in [-0.39, 0.29) is 17.6 Å². The van der Waals surface area contributed by atoms with Crippen LogP contribution in [0.1, 0.15) is 33.1 Å². The third-order valence-electron chi connectivity index (χ3n) is 3.64. The molecule has 0 atom stereocenters. The van der Waals surface area contributed by atoms with Crippen LogP contribution >= 0.6 is 23.4 Å². The molecule has 2 rings (SSSR count). The highest BCUT2D eigenvalue weighted by atomic mass is 35.5. The standard InChI is InChI=1S/C18H24ClN3O3S/c1-3-10-22-15-8-7-13(19)11-14(15)21-18(22)26-12-16(23)20-9-5-6-17(24)25-4-2/h7-8,11H,3-6,9-10,12H2,1-2H3,(H,20,23). The molecule has 0 spiro atoms. The number of nitrogens with zero attached hydrogens (tertiary/aromatic N) is 2. The van der Waals surface area contributed by atoms with Gasteiger partial charge in [-0.1, -0.05) is 30.3 Å². The first-order chi connectivity index (χ1) is 12.5. The van der Waals surface area contributed by atoms with Crippen LogP contribution in [-0.4, -0.2) is 40.3 Å². The van der Waals surface area contributed by atoms with E-state index in [2.05, 4.69) is 21.8 Å². The molecule has 142 valence electrons. The number of carbonyl (C=O) groups is 2. The number of ether oxygens (including phenoxy) is 1. The lowest BCUT2D eigenvalue weighted by Gasteiger charge is -2.08. The zero-order valence-corrected chi connectivity index (χ0v) is 16.7. The average molecular weight is 398 g/mol. The Kier molecular flexibility index (Phi) is 8.25. The van der Waals surface area contributed by atoms with Gasteiger partial charge in [-0.25, -0.2) is 4.98 Å². The highest BCUT2D eigenvalue weighted by Gasteiger charge is 2.13. The molecule has 1 amide bonds. The van der Waals surface area contributed by atoms with Crippen LogP contribution < -0.4 is 5.32 Å². The minimum absolute atomic E-state index is 0.0769. The van der Waals surface area contributed by atoms with Crippen LogP contribution in [0.4, 0.5) is 0 Å². The van der Waals surface area contributed by atoms with Crippen molar-refractivity contribution in [3.05, 3.63) is 23.2 Å². The van der Waals surface area contributed by atoms with E-state index in [1.807, 2.05) is 18.2 Å². The number of fused-ring (bicyclic) bond motifs is 1. The second-order valence-corrected chi connectivity index (χ2v) is 7.11. The van der Waals surface area contributed by atoms with Crippen LogP contribution in [0.25, 0.3) is 11.0 Å². The lowest BCUT2D eigenvalue weighted by atomic mass is 10.3. The Morgan fingerprint density at radius 2 is 2.15 bits per heavy atom. The van der Waals surface area contributed by atoms with Gasteiger partial charge < -0.3 is 14.6 Å². The monoisotopic (exact) mass is 397 g/mol. The first-order valence-corrected chi connectivity index (χ1v) is 10.1. The van der Waals surface area contributed by atoms with Gasteiger partial charge in [0.15, 0.2) is 5.16 Å². The van der Waals surface area contributed by atoms with Crippen molar-refractivity contribution >= 4 is 46.3 Å². The van der Waals surface area contributed by atoms with Gasteiger partial charge in [-0.3, -0.25) is 9.59 Å². The van der Waals surface area contributed by atoms with Crippen LogP contribution in [0.2, 0.25) is 5.02 Å². The highest BCUT2D eigenvalue weighted by molar-refractivity contribution is 7.99. The summed E-state index contributed by atoms with van der Waals surface area (Å²) >= 11 is 7.45. The quantitative estimate of drug-likeness (QED) is 0.376. The maximum absolute atomic E-state index is 12.0. The summed E-state index contributed by atoms with van der Waals surface area (Å²) < 4.78 is 6.97. The van der Waals surface area contributed by atoms with Crippen LogP contribution in [0, 0.1) is 0 Å². The lowest BCUT2D eigenvalue weighted by molar-refractivity contribution is -0.143. The summed E-state index contributed by atoms with van der Waals surface area (Å²) in [4.78, 5) is 27.9. The van der Waals surface area contributed by atoms with Gasteiger partial charge in [0.05, 0.1) is 23.4 Å². The van der Waals surface area contributed by atoms with Gasteiger partial charge in [-0.05, 0) is 38.0 Å². The number of amides is 1. The Balaban J connectivity index is 1.87. The molecule has 1 heterocycles. The summed E-state index contributed by atoms with van der Waals surface area (Å²) in [6.07, 6.45) is 1.86. The molecule has 0 aliphatic carbocycles. The molecule has 1 aromatic carbocycles. The number of carbonyl (C=O) groups excluding carboxylic acids is 2. The summed E-state index contributed by atoms with van der Waals surface area (Å²) in [6, 6.07) is 5.64. The molecular formula is C18H24ClN3O3S. The van der Waals surface area contributed by atoms with Gasteiger partial charge in [0.2, 0.25) is 5.91 Å². The highest BCUT2D eigenvalue weighted by Crippen LogP contribution is 2.26. The molecule has 2 aromatic rings. The van der Waals surface area contributed by atoms with Gasteiger partial charge in [0.1, 0.15) is 0 Å². The van der Waals surface area contributed by atoms with Crippen molar-refractivity contribution in [2.75, 3.05) is 18.9 Å². The molecule has 0 fully saturated rings. The van der Waals surface area contributed by atoms with Gasteiger partial charge in [0, 0.05) is 24.5 Å². The van der Waals surface area contributed by atoms with E-state index in [1.165, 1.54) is 11.8 Å². The van der Waals surface area contributed by atoms with Gasteiger partial charge in [-0.15, -0.1) is 0 Å². The van der Waals surface area contributed by atoms with Crippen molar-refractivity contribution in [1.82, 2.24) is 14.9 Å². The molecule has 0 aliphatic heterocycles. The van der Waals surface area contributed by atoms with Crippen molar-refractivity contribution in [3.63, 3.8) is 0 Å². The number of esters is 1. The molecule has 0 unspecified atom stereocenters. The second kappa shape index (κ2) is 10.4. The van der Waals surface area contributed by atoms with E-state index in [9.17, 15) is 9.59 Å². The first-order valence-electron chi connectivity index (χ1n) is 8.76. The number of aryl methyl sites for hydroxylation is 1. The number of aromatic nitrogens is 2. The molecule has 8 heteroatoms. The molecule has 1 aromatic heterocycles. The molecule has 0 aliphatic rings. The minimum atomic E-state index is -0.233. The van der Waals surface area contributed by atoms with Crippen molar-refractivity contribution in [2.45, 2.75) is 44.8 Å². The number of benzene rings is 1. The van der Waals surface area contributed by atoms with E-state index in [4.69, 9.17) is 16.3 Å². The largest absolute Gasteiger partial charge is 0.466 e. The molecule has 0 saturated heterocycles. The molecule has 6 nitrogen and oxygen atoms in total. The number of thioether (sulfide) groups is 1. The summed E-state index contributed by atoms with van der Waals surface area (Å²) in [5.74, 6) is -0.0322. The number of halogens is 1. The van der Waals surface area contributed by atoms with E-state index in [0.29, 0.717) is 31.0 Å². The fourth-order valence-electron chi connectivity index (χ4n) is 2.51. The predicted octanol–water partition coefficient (Wildman–Crippen LogP) is 3.65. The van der Waals surface area contributed by atoms with E-state index in [1.54, 1.807) is 6.92 Å². The van der Waals surface area contributed by atoms with Gasteiger partial charge in [0.25, 0.3) is 0 Å². The molecule has 0 radical (unpaired) electrons. The molecule has 26 heavy (non-hydrogen) atoms. The van der Waals surface area contributed by atoms with Crippen LogP contribution in [0.3, 0.4) is 0 Å². The Hall–Kier alpha value is -1.73. The normalized spacial score (nSPS) is 10.9. The topological polar surface area (TPSA) is 73.2 Å². The van der Waals surface area contributed by atoms with Gasteiger partial charge in [-0.2, -0.15) is 0 Å². The van der Waals surface area contributed by atoms with E-state index >= 15 is 0 Å². The smallest absolute Gasteiger partial charge is 0.305 e. The molecular weight excluding hydrogens is 374 g/mol. The Morgan fingerprint density at radius 3 is 2.88 bits per heavy atom. The zero-order chi connectivity index (χ0) is 18.9. The van der Waals surface area contributed by atoms with Crippen LogP contribution in [0.15, 0.2) is 23.4 Å². The lowest BCUT2D eigenvalue weighted by Crippen LogP contribution is -2.26. The third-order valence-corrected chi connectivity index (χ3v) is 4.85. The Labute approximate surface area is 162 Å². The molecule has 0 saturated carbocycles. The summed E-state index contributed by atoms with van der Waals surface area (Å²) in [6.45, 7) is 5.55. The number of imidazole rings is 1. The second-order valence-electron chi connectivity index (χ2n) is 5.73. The van der Waals surface area contributed by atoms with Gasteiger partial charge >= 0.3 is 5.97 Å². The minimum Gasteiger partial charge on any atom is -0.466 e. The fourth-order valence-corrected chi connectivity index (χ4v) is 3.54. The number of hydrogen-bond acceptors (Lipinski definition) is 5. The fraction of sp³-hybridized carbons (Fsp3) is 0.500. The first kappa shape index (κ1) is 20.6. The predicted molar refractivity (Wildman–Crippen MR) is 105 cm³/mol. The van der Waals surface area contributed by atoms with Crippen LogP contribution in [0.5, 0.6) is 0 Å². The number of nitrogens with one attached hydrogen (secondary N) is 1. The maximum Gasteiger partial charge on any atom is 0.305 e. The van der Waals surface area contributed by atoms with Crippen molar-refractivity contribution in [2.24, 2.45) is 0 Å². The van der Waals surface area contributed by atoms with Crippen LogP contribution in [-0.2, 0) is 20.9 Å². The molecule has 0 bridgehead atoms. The third kappa shape index (κ3) is 5.92. The van der Waals surface area contributed by atoms with E-state index in [0.717, 1.165) is 29.2 Å². The maximum atomic E-state index is 12.0. The summed E-state index contributed by atoms with van der Waals surface area (Å²) in [7, 11) is 0. The Bertz CT molecular complexity index is 763. The number of hydrogen-bond donors (Lipinski definition) is 1. The van der Waals surface area contributed by atoms with Crippen molar-refractivity contribution in [1.29, 1.82) is 0 Å². The zero-order valence-electron chi connectivity index (χ0n) is 15.1. The Morgan fingerprint density at radius 1 is 1.35 bits per heavy atom. The van der Waals surface area contributed by atoms with Crippen molar-refractivity contribution in [3.8, 4) is 0 Å². The summed E-state index contributed by atoms with van der Waals surface area (Å²) in [5, 5.41) is 4.28. The number of rotatable bonds is 10. The van der Waals surface area contributed by atoms with E-state index < -0.39 is 0 Å². The summed E-state index contributed by atoms with van der Waals surface area (Å²) in [5.41, 5.74) is 1.86. The molecule has 1 N–H and O–H groups in total. The SMILES string of the molecule is CCCn1c(SCC(=O)NCCCC(=O)OCC)nc2cc(Cl)ccc21.